The lowest BCUT2D eigenvalue weighted by molar-refractivity contribution is 0.524. The highest BCUT2D eigenvalue weighted by molar-refractivity contribution is 5.26. The second-order valence-electron chi connectivity index (χ2n) is 4.45. The molecule has 0 saturated heterocycles. The van der Waals surface area contributed by atoms with Gasteiger partial charge in [-0.3, -0.25) is 0 Å². The van der Waals surface area contributed by atoms with Crippen molar-refractivity contribution in [2.24, 2.45) is 0 Å². The number of benzene rings is 1. The van der Waals surface area contributed by atoms with Crippen LogP contribution in [0, 0.1) is 6.92 Å². The number of hydrogen-bond acceptors (Lipinski definition) is 0. The third kappa shape index (κ3) is 2.06. The van der Waals surface area contributed by atoms with Gasteiger partial charge in [-0.05, 0) is 44.1 Å². The van der Waals surface area contributed by atoms with Crippen molar-refractivity contribution in [3.63, 3.8) is 0 Å². The summed E-state index contributed by atoms with van der Waals surface area (Å²) in [4.78, 5) is 0. The normalized spacial score (nSPS) is 22.4. The summed E-state index contributed by atoms with van der Waals surface area (Å²) in [6, 6.07) is 8.98. The molecule has 0 heteroatoms. The molecular weight excluding hydrogens is 168 g/mol. The van der Waals surface area contributed by atoms with Crippen LogP contribution in [-0.4, -0.2) is 0 Å². The average Bonchev–Trinajstić information content (AvgIpc) is 2.19. The Labute approximate surface area is 86.7 Å². The molecule has 0 aromatic heterocycles. The van der Waals surface area contributed by atoms with Gasteiger partial charge in [0.05, 0.1) is 0 Å². The molecule has 0 bridgehead atoms. The summed E-state index contributed by atoms with van der Waals surface area (Å²) in [7, 11) is 0. The summed E-state index contributed by atoms with van der Waals surface area (Å²) in [6.07, 6.45) is 5.09. The van der Waals surface area contributed by atoms with E-state index >= 15 is 0 Å². The molecule has 1 unspecified atom stereocenters. The molecule has 1 aromatic rings. The van der Waals surface area contributed by atoms with Crippen molar-refractivity contribution >= 4 is 0 Å². The van der Waals surface area contributed by atoms with E-state index in [1.807, 2.05) is 0 Å². The minimum atomic E-state index is 0.733. The van der Waals surface area contributed by atoms with Gasteiger partial charge in [-0.25, -0.2) is 0 Å². The smallest absolute Gasteiger partial charge is 0.0125 e. The van der Waals surface area contributed by atoms with Crippen molar-refractivity contribution in [1.29, 1.82) is 0 Å². The molecule has 1 aliphatic rings. The zero-order valence-corrected chi connectivity index (χ0v) is 8.92. The van der Waals surface area contributed by atoms with Gasteiger partial charge in [-0.1, -0.05) is 42.0 Å². The standard InChI is InChI=1S/C14H18/c1-11-6-8-13(9-7-11)14-5-3-4-12(2)10-14/h6-9,14H,2-5,10H2,1H3. The van der Waals surface area contributed by atoms with E-state index in [0.29, 0.717) is 0 Å². The van der Waals surface area contributed by atoms with Gasteiger partial charge < -0.3 is 0 Å². The van der Waals surface area contributed by atoms with E-state index in [-0.39, 0.29) is 0 Å². The quantitative estimate of drug-likeness (QED) is 0.576. The van der Waals surface area contributed by atoms with E-state index < -0.39 is 0 Å². The summed E-state index contributed by atoms with van der Waals surface area (Å²) in [5, 5.41) is 0. The van der Waals surface area contributed by atoms with Crippen LogP contribution in [0.2, 0.25) is 0 Å². The van der Waals surface area contributed by atoms with E-state index in [1.54, 1.807) is 0 Å². The molecule has 0 amide bonds. The highest BCUT2D eigenvalue weighted by Gasteiger charge is 2.16. The van der Waals surface area contributed by atoms with Gasteiger partial charge in [0.1, 0.15) is 0 Å². The van der Waals surface area contributed by atoms with Crippen molar-refractivity contribution in [2.75, 3.05) is 0 Å². The van der Waals surface area contributed by atoms with E-state index in [2.05, 4.69) is 37.8 Å². The molecule has 0 N–H and O–H groups in total. The van der Waals surface area contributed by atoms with Crippen LogP contribution >= 0.6 is 0 Å². The van der Waals surface area contributed by atoms with E-state index in [0.717, 1.165) is 5.92 Å². The van der Waals surface area contributed by atoms with Crippen molar-refractivity contribution in [2.45, 2.75) is 38.5 Å². The molecule has 1 atom stereocenters. The average molecular weight is 186 g/mol. The maximum atomic E-state index is 4.11. The van der Waals surface area contributed by atoms with Gasteiger partial charge in [0.2, 0.25) is 0 Å². The minimum absolute atomic E-state index is 0.733. The lowest BCUT2D eigenvalue weighted by Crippen LogP contribution is -2.06. The summed E-state index contributed by atoms with van der Waals surface area (Å²) < 4.78 is 0. The molecule has 1 aromatic carbocycles. The third-order valence-electron chi connectivity index (χ3n) is 3.17. The largest absolute Gasteiger partial charge is 0.0998 e. The van der Waals surface area contributed by atoms with Crippen molar-refractivity contribution in [3.05, 3.63) is 47.5 Å². The molecule has 14 heavy (non-hydrogen) atoms. The van der Waals surface area contributed by atoms with Crippen LogP contribution in [-0.2, 0) is 0 Å². The molecule has 0 spiro atoms. The van der Waals surface area contributed by atoms with Crippen LogP contribution in [0.3, 0.4) is 0 Å². The summed E-state index contributed by atoms with van der Waals surface area (Å²) in [5.74, 6) is 0.733. The van der Waals surface area contributed by atoms with Gasteiger partial charge in [-0.15, -0.1) is 0 Å². The number of allylic oxidation sites excluding steroid dienone is 1. The van der Waals surface area contributed by atoms with Crippen molar-refractivity contribution in [3.8, 4) is 0 Å². The SMILES string of the molecule is C=C1CCCC(c2ccc(C)cc2)C1. The van der Waals surface area contributed by atoms with Crippen LogP contribution < -0.4 is 0 Å². The van der Waals surface area contributed by atoms with E-state index in [1.165, 1.54) is 42.4 Å². The Kier molecular flexibility index (Phi) is 2.72. The number of aryl methyl sites for hydroxylation is 1. The van der Waals surface area contributed by atoms with Crippen LogP contribution in [0.15, 0.2) is 36.4 Å². The van der Waals surface area contributed by atoms with Gasteiger partial charge in [-0.2, -0.15) is 0 Å². The van der Waals surface area contributed by atoms with Gasteiger partial charge in [0, 0.05) is 0 Å². The molecule has 1 aliphatic carbocycles. The van der Waals surface area contributed by atoms with E-state index in [9.17, 15) is 0 Å². The Bertz CT molecular complexity index is 318. The molecule has 74 valence electrons. The summed E-state index contributed by atoms with van der Waals surface area (Å²) >= 11 is 0. The van der Waals surface area contributed by atoms with Gasteiger partial charge in [0.15, 0.2) is 0 Å². The zero-order valence-electron chi connectivity index (χ0n) is 8.92. The Morgan fingerprint density at radius 1 is 1.21 bits per heavy atom. The fourth-order valence-corrected chi connectivity index (χ4v) is 2.27. The second-order valence-corrected chi connectivity index (χ2v) is 4.45. The first-order chi connectivity index (χ1) is 6.75. The Morgan fingerprint density at radius 3 is 2.57 bits per heavy atom. The monoisotopic (exact) mass is 186 g/mol. The molecule has 0 nitrogen and oxygen atoms in total. The van der Waals surface area contributed by atoms with Crippen molar-refractivity contribution in [1.82, 2.24) is 0 Å². The molecular formula is C14H18. The van der Waals surface area contributed by atoms with Crippen molar-refractivity contribution < 1.29 is 0 Å². The molecule has 1 fully saturated rings. The lowest BCUT2D eigenvalue weighted by atomic mass is 9.82. The Balaban J connectivity index is 2.14. The second kappa shape index (κ2) is 4.00. The van der Waals surface area contributed by atoms with E-state index in [4.69, 9.17) is 0 Å². The molecule has 0 radical (unpaired) electrons. The zero-order chi connectivity index (χ0) is 9.97. The predicted molar refractivity (Wildman–Crippen MR) is 61.5 cm³/mol. The highest BCUT2D eigenvalue weighted by Crippen LogP contribution is 2.34. The maximum absolute atomic E-state index is 4.11. The van der Waals surface area contributed by atoms with Crippen LogP contribution in [0.1, 0.15) is 42.7 Å². The third-order valence-corrected chi connectivity index (χ3v) is 3.17. The predicted octanol–water partition coefficient (Wildman–Crippen LogP) is 4.21. The molecule has 1 saturated carbocycles. The first-order valence-electron chi connectivity index (χ1n) is 5.49. The van der Waals surface area contributed by atoms with Gasteiger partial charge >= 0.3 is 0 Å². The summed E-state index contributed by atoms with van der Waals surface area (Å²) in [6.45, 7) is 6.25. The Hall–Kier alpha value is -1.04. The summed E-state index contributed by atoms with van der Waals surface area (Å²) in [5.41, 5.74) is 4.28. The topological polar surface area (TPSA) is 0 Å². The van der Waals surface area contributed by atoms with Crippen LogP contribution in [0.25, 0.3) is 0 Å². The van der Waals surface area contributed by atoms with Crippen LogP contribution in [0.4, 0.5) is 0 Å². The number of hydrogen-bond donors (Lipinski definition) is 0. The Morgan fingerprint density at radius 2 is 1.93 bits per heavy atom. The van der Waals surface area contributed by atoms with Crippen LogP contribution in [0.5, 0.6) is 0 Å². The lowest BCUT2D eigenvalue weighted by Gasteiger charge is -2.23. The van der Waals surface area contributed by atoms with Gasteiger partial charge in [0.25, 0.3) is 0 Å². The fourth-order valence-electron chi connectivity index (χ4n) is 2.27. The first-order valence-corrected chi connectivity index (χ1v) is 5.49. The first kappa shape index (κ1) is 9.51. The molecule has 0 aliphatic heterocycles. The highest BCUT2D eigenvalue weighted by atomic mass is 14.2. The maximum Gasteiger partial charge on any atom is -0.0125 e. The number of rotatable bonds is 1. The minimum Gasteiger partial charge on any atom is -0.0998 e. The fraction of sp³-hybridized carbons (Fsp3) is 0.429. The molecule has 0 heterocycles. The molecule has 2 rings (SSSR count).